The van der Waals surface area contributed by atoms with Crippen molar-refractivity contribution in [3.63, 3.8) is 0 Å². The number of amides is 4. The van der Waals surface area contributed by atoms with E-state index >= 15 is 0 Å². The number of rotatable bonds is 8. The second kappa shape index (κ2) is 12.5. The highest BCUT2D eigenvalue weighted by molar-refractivity contribution is 14.1. The number of ether oxygens (including phenoxy) is 4. The van der Waals surface area contributed by atoms with Crippen molar-refractivity contribution in [2.75, 3.05) is 26.2 Å². The van der Waals surface area contributed by atoms with Crippen LogP contribution in [0.15, 0.2) is 48.0 Å². The Kier molecular flexibility index (Phi) is 9.34. The minimum absolute atomic E-state index is 0.0430. The van der Waals surface area contributed by atoms with Gasteiger partial charge in [0.15, 0.2) is 11.5 Å². The number of urea groups is 1. The van der Waals surface area contributed by atoms with Gasteiger partial charge in [-0.25, -0.2) is 9.69 Å². The number of hydrogen-bond acceptors (Lipinski definition) is 7. The molecule has 1 saturated heterocycles. The maximum absolute atomic E-state index is 13.5. The molecule has 0 unspecified atom stereocenters. The fraction of sp³-hybridized carbons (Fsp3) is 0.148. The molecule has 1 aliphatic heterocycles. The van der Waals surface area contributed by atoms with Crippen LogP contribution in [0.4, 0.5) is 10.5 Å². The maximum Gasteiger partial charge on any atom is 0.336 e. The van der Waals surface area contributed by atoms with Crippen molar-refractivity contribution >= 4 is 87.0 Å². The summed E-state index contributed by atoms with van der Waals surface area (Å²) in [6.07, 6.45) is 1.35. The normalized spacial score (nSPS) is 14.3. The Hall–Kier alpha value is -3.19. The van der Waals surface area contributed by atoms with Gasteiger partial charge in [-0.2, -0.15) is 0 Å². The molecule has 208 valence electrons. The average Bonchev–Trinajstić information content (AvgIpc) is 2.91. The molecular weight excluding hydrogens is 698 g/mol. The third kappa shape index (κ3) is 6.09. The van der Waals surface area contributed by atoms with Crippen LogP contribution in [0, 0.1) is 3.57 Å². The maximum atomic E-state index is 13.5. The molecule has 1 N–H and O–H groups in total. The van der Waals surface area contributed by atoms with Gasteiger partial charge in [0.1, 0.15) is 23.7 Å². The Bertz CT molecular complexity index is 1560. The zero-order chi connectivity index (χ0) is 29.1. The molecule has 3 aromatic carbocycles. The number of carbonyl (C=O) groups is 3. The number of anilines is 1. The molecule has 4 rings (SSSR count). The van der Waals surface area contributed by atoms with E-state index in [1.807, 2.05) is 0 Å². The molecule has 0 saturated carbocycles. The van der Waals surface area contributed by atoms with Gasteiger partial charge in [-0.15, -0.1) is 0 Å². The molecule has 0 bridgehead atoms. The number of methoxy groups -OCH3 is 3. The monoisotopic (exact) mass is 716 g/mol. The average molecular weight is 718 g/mol. The van der Waals surface area contributed by atoms with Crippen molar-refractivity contribution in [1.82, 2.24) is 5.32 Å². The van der Waals surface area contributed by atoms with Gasteiger partial charge >= 0.3 is 6.03 Å². The topological polar surface area (TPSA) is 103 Å². The third-order valence-corrected chi connectivity index (χ3v) is 7.43. The van der Waals surface area contributed by atoms with Gasteiger partial charge in [-0.1, -0.05) is 40.9 Å². The lowest BCUT2D eigenvalue weighted by molar-refractivity contribution is -0.122. The summed E-state index contributed by atoms with van der Waals surface area (Å²) in [7, 11) is 4.20. The molecule has 3 aromatic rings. The van der Waals surface area contributed by atoms with Gasteiger partial charge in [0, 0.05) is 27.7 Å². The molecule has 0 aliphatic carbocycles. The lowest BCUT2D eigenvalue weighted by Crippen LogP contribution is -2.54. The lowest BCUT2D eigenvalue weighted by Gasteiger charge is -2.28. The van der Waals surface area contributed by atoms with Gasteiger partial charge in [-0.3, -0.25) is 14.9 Å². The van der Waals surface area contributed by atoms with Crippen LogP contribution >= 0.6 is 57.4 Å². The molecule has 1 aliphatic rings. The zero-order valence-electron chi connectivity index (χ0n) is 21.1. The molecule has 0 aromatic heterocycles. The van der Waals surface area contributed by atoms with Crippen LogP contribution in [0.1, 0.15) is 11.1 Å². The van der Waals surface area contributed by atoms with Gasteiger partial charge in [-0.05, 0) is 58.5 Å². The predicted octanol–water partition coefficient (Wildman–Crippen LogP) is 6.52. The van der Waals surface area contributed by atoms with Gasteiger partial charge < -0.3 is 18.9 Å². The standard InChI is InChI=1S/C27H20Cl3IN2O7/c1-37-21-11-20(22(38-2)10-18(21)30)33-26(35)16(25(34)32-27(33)36)6-13-7-19(31)24(23(8-13)39-3)40-12-14-4-5-15(28)9-17(14)29/h4-11H,12H2,1-3H3,(H,32,34,36)/b16-6+. The van der Waals surface area contributed by atoms with Crippen LogP contribution in [-0.2, 0) is 16.2 Å². The molecule has 1 fully saturated rings. The largest absolute Gasteiger partial charge is 0.495 e. The summed E-state index contributed by atoms with van der Waals surface area (Å²) in [5, 5.41) is 3.36. The summed E-state index contributed by atoms with van der Waals surface area (Å²) in [6.45, 7) is 0.146. The van der Waals surface area contributed by atoms with Crippen LogP contribution in [0.2, 0.25) is 15.1 Å². The highest BCUT2D eigenvalue weighted by atomic mass is 127. The number of nitrogens with zero attached hydrogens (tertiary/aromatic N) is 1. The second-order valence-electron chi connectivity index (χ2n) is 8.17. The smallest absolute Gasteiger partial charge is 0.336 e. The van der Waals surface area contributed by atoms with E-state index in [0.717, 1.165) is 10.5 Å². The van der Waals surface area contributed by atoms with Crippen molar-refractivity contribution in [2.24, 2.45) is 0 Å². The molecule has 1 heterocycles. The number of halogens is 4. The number of hydrogen-bond donors (Lipinski definition) is 1. The minimum Gasteiger partial charge on any atom is -0.495 e. The number of carbonyl (C=O) groups excluding carboxylic acids is 3. The summed E-state index contributed by atoms with van der Waals surface area (Å²) in [4.78, 5) is 39.8. The SMILES string of the molecule is COc1cc(N2C(=O)NC(=O)/C(=C\c3cc(I)c(OCc4ccc(Cl)cc4Cl)c(OC)c3)C2=O)c(OC)cc1Cl. The van der Waals surface area contributed by atoms with E-state index in [-0.39, 0.29) is 34.4 Å². The van der Waals surface area contributed by atoms with E-state index < -0.39 is 17.8 Å². The summed E-state index contributed by atoms with van der Waals surface area (Å²) in [5.41, 5.74) is 0.918. The summed E-state index contributed by atoms with van der Waals surface area (Å²) >= 11 is 20.4. The zero-order valence-corrected chi connectivity index (χ0v) is 25.6. The van der Waals surface area contributed by atoms with E-state index in [4.69, 9.17) is 53.8 Å². The lowest BCUT2D eigenvalue weighted by atomic mass is 10.1. The van der Waals surface area contributed by atoms with E-state index in [0.29, 0.717) is 30.7 Å². The van der Waals surface area contributed by atoms with Crippen LogP contribution in [-0.4, -0.2) is 39.2 Å². The van der Waals surface area contributed by atoms with Gasteiger partial charge in [0.2, 0.25) is 0 Å². The van der Waals surface area contributed by atoms with Crippen LogP contribution < -0.4 is 29.2 Å². The number of imide groups is 2. The van der Waals surface area contributed by atoms with E-state index in [1.54, 1.807) is 30.3 Å². The van der Waals surface area contributed by atoms with Crippen molar-refractivity contribution in [3.05, 3.63) is 77.8 Å². The molecule has 0 radical (unpaired) electrons. The Balaban J connectivity index is 1.69. The van der Waals surface area contributed by atoms with Crippen LogP contribution in [0.5, 0.6) is 23.0 Å². The van der Waals surface area contributed by atoms with Crippen LogP contribution in [0.3, 0.4) is 0 Å². The van der Waals surface area contributed by atoms with Crippen molar-refractivity contribution < 1.29 is 33.3 Å². The van der Waals surface area contributed by atoms with E-state index in [2.05, 4.69) is 27.9 Å². The van der Waals surface area contributed by atoms with Crippen molar-refractivity contribution in [1.29, 1.82) is 0 Å². The quantitative estimate of drug-likeness (QED) is 0.161. The van der Waals surface area contributed by atoms with Gasteiger partial charge in [0.05, 0.1) is 35.6 Å². The Morgan fingerprint density at radius 1 is 0.875 bits per heavy atom. The van der Waals surface area contributed by atoms with Gasteiger partial charge in [0.25, 0.3) is 11.8 Å². The Morgan fingerprint density at radius 2 is 1.57 bits per heavy atom. The second-order valence-corrected chi connectivity index (χ2v) is 10.6. The van der Waals surface area contributed by atoms with Crippen LogP contribution in [0.25, 0.3) is 6.08 Å². The first-order valence-corrected chi connectivity index (χ1v) is 13.6. The molecular formula is C27H20Cl3IN2O7. The molecule has 13 heteroatoms. The Labute approximate surface area is 258 Å². The van der Waals surface area contributed by atoms with E-state index in [9.17, 15) is 14.4 Å². The molecule has 0 atom stereocenters. The summed E-state index contributed by atoms with van der Waals surface area (Å²) in [5.74, 6) is -0.618. The predicted molar refractivity (Wildman–Crippen MR) is 160 cm³/mol. The number of barbiturate groups is 1. The first-order chi connectivity index (χ1) is 19.1. The molecule has 4 amide bonds. The minimum atomic E-state index is -0.952. The van der Waals surface area contributed by atoms with Crippen molar-refractivity contribution in [2.45, 2.75) is 6.61 Å². The van der Waals surface area contributed by atoms with E-state index in [1.165, 1.54) is 39.5 Å². The fourth-order valence-corrected chi connectivity index (χ4v) is 5.29. The fourth-order valence-electron chi connectivity index (χ4n) is 3.81. The highest BCUT2D eigenvalue weighted by Crippen LogP contribution is 2.40. The number of benzene rings is 3. The van der Waals surface area contributed by atoms with Crippen molar-refractivity contribution in [3.8, 4) is 23.0 Å². The third-order valence-electron chi connectivity index (χ3n) is 5.75. The molecule has 0 spiro atoms. The summed E-state index contributed by atoms with van der Waals surface area (Å²) < 4.78 is 22.7. The molecule has 9 nitrogen and oxygen atoms in total. The summed E-state index contributed by atoms with van der Waals surface area (Å²) in [6, 6.07) is 10.2. The highest BCUT2D eigenvalue weighted by Gasteiger charge is 2.38. The first-order valence-electron chi connectivity index (χ1n) is 11.3. The Morgan fingerprint density at radius 3 is 2.23 bits per heavy atom. The molecule has 40 heavy (non-hydrogen) atoms. The number of nitrogens with one attached hydrogen (secondary N) is 1. The first kappa shape index (κ1) is 29.8.